The molecule has 0 spiro atoms. The van der Waals surface area contributed by atoms with Crippen LogP contribution in [0.3, 0.4) is 0 Å². The van der Waals surface area contributed by atoms with E-state index in [4.69, 9.17) is 0 Å². The summed E-state index contributed by atoms with van der Waals surface area (Å²) in [5.74, 6) is 0.102. The lowest BCUT2D eigenvalue weighted by molar-refractivity contribution is -0.116. The summed E-state index contributed by atoms with van der Waals surface area (Å²) in [5, 5.41) is 17.8. The van der Waals surface area contributed by atoms with Crippen molar-refractivity contribution in [3.05, 3.63) is 47.8 Å². The fourth-order valence-electron chi connectivity index (χ4n) is 2.57. The van der Waals surface area contributed by atoms with Crippen molar-refractivity contribution >= 4 is 22.6 Å². The van der Waals surface area contributed by atoms with E-state index < -0.39 is 0 Å². The summed E-state index contributed by atoms with van der Waals surface area (Å²) in [7, 11) is 1.84. The van der Waals surface area contributed by atoms with Gasteiger partial charge in [0.05, 0.1) is 17.6 Å². The van der Waals surface area contributed by atoms with Gasteiger partial charge in [0.25, 0.3) is 0 Å². The Hall–Kier alpha value is -2.89. The van der Waals surface area contributed by atoms with E-state index >= 15 is 0 Å². The first-order valence-corrected chi connectivity index (χ1v) is 7.40. The molecule has 0 aliphatic heterocycles. The summed E-state index contributed by atoms with van der Waals surface area (Å²) in [5.41, 5.74) is 3.07. The van der Waals surface area contributed by atoms with Crippen LogP contribution in [0.4, 0.5) is 5.69 Å². The molecule has 6 nitrogen and oxygen atoms in total. The van der Waals surface area contributed by atoms with E-state index in [1.807, 2.05) is 32.2 Å². The maximum Gasteiger partial charge on any atom is 0.224 e. The van der Waals surface area contributed by atoms with E-state index in [9.17, 15) is 9.90 Å². The second-order valence-corrected chi connectivity index (χ2v) is 5.48. The molecule has 6 heteroatoms. The highest BCUT2D eigenvalue weighted by Gasteiger charge is 2.10. The second kappa shape index (κ2) is 6.08. The van der Waals surface area contributed by atoms with Gasteiger partial charge < -0.3 is 10.4 Å². The summed E-state index contributed by atoms with van der Waals surface area (Å²) in [6.07, 6.45) is 2.41. The molecule has 2 heterocycles. The predicted molar refractivity (Wildman–Crippen MR) is 88.3 cm³/mol. The average molecular weight is 310 g/mol. The van der Waals surface area contributed by atoms with Crippen molar-refractivity contribution in [3.63, 3.8) is 0 Å². The van der Waals surface area contributed by atoms with Gasteiger partial charge in [0.1, 0.15) is 5.75 Å². The third kappa shape index (κ3) is 3.15. The molecule has 2 aromatic heterocycles. The molecule has 0 atom stereocenters. The molecular formula is C17H18N4O2. The first kappa shape index (κ1) is 15.0. The summed E-state index contributed by atoms with van der Waals surface area (Å²) >= 11 is 0. The highest BCUT2D eigenvalue weighted by atomic mass is 16.3. The Labute approximate surface area is 133 Å². The molecule has 0 fully saturated rings. The molecule has 0 bridgehead atoms. The molecule has 0 saturated heterocycles. The van der Waals surface area contributed by atoms with Gasteiger partial charge in [0.15, 0.2) is 5.65 Å². The van der Waals surface area contributed by atoms with Gasteiger partial charge >= 0.3 is 0 Å². The van der Waals surface area contributed by atoms with Gasteiger partial charge in [-0.15, -0.1) is 0 Å². The number of aryl methyl sites for hydroxylation is 3. The van der Waals surface area contributed by atoms with E-state index in [2.05, 4.69) is 15.4 Å². The number of benzene rings is 1. The Kier molecular flexibility index (Phi) is 3.97. The van der Waals surface area contributed by atoms with Crippen molar-refractivity contribution in [2.75, 3.05) is 5.32 Å². The average Bonchev–Trinajstić information content (AvgIpc) is 2.81. The smallest absolute Gasteiger partial charge is 0.224 e. The lowest BCUT2D eigenvalue weighted by Gasteiger charge is -2.06. The number of anilines is 1. The van der Waals surface area contributed by atoms with Gasteiger partial charge in [-0.05, 0) is 31.0 Å². The number of carbonyl (C=O) groups excluding carboxylic acids is 1. The van der Waals surface area contributed by atoms with Gasteiger partial charge in [-0.25, -0.2) is 4.98 Å². The van der Waals surface area contributed by atoms with Crippen LogP contribution in [0.15, 0.2) is 36.5 Å². The molecule has 1 aromatic carbocycles. The number of nitrogens with zero attached hydrogens (tertiary/aromatic N) is 3. The first-order chi connectivity index (χ1) is 11.0. The van der Waals surface area contributed by atoms with Crippen molar-refractivity contribution in [2.24, 2.45) is 7.05 Å². The molecule has 2 N–H and O–H groups in total. The van der Waals surface area contributed by atoms with Crippen LogP contribution in [-0.2, 0) is 18.3 Å². The third-order valence-corrected chi connectivity index (χ3v) is 3.76. The van der Waals surface area contributed by atoms with Gasteiger partial charge in [0.2, 0.25) is 5.91 Å². The lowest BCUT2D eigenvalue weighted by Crippen LogP contribution is -2.12. The van der Waals surface area contributed by atoms with Gasteiger partial charge in [-0.2, -0.15) is 5.10 Å². The van der Waals surface area contributed by atoms with E-state index in [1.165, 1.54) is 0 Å². The molecule has 23 heavy (non-hydrogen) atoms. The maximum absolute atomic E-state index is 12.1. The van der Waals surface area contributed by atoms with Gasteiger partial charge in [-0.1, -0.05) is 18.2 Å². The van der Waals surface area contributed by atoms with Crippen LogP contribution < -0.4 is 5.32 Å². The zero-order valence-corrected chi connectivity index (χ0v) is 13.1. The Morgan fingerprint density at radius 1 is 1.35 bits per heavy atom. The largest absolute Gasteiger partial charge is 0.508 e. The summed E-state index contributed by atoms with van der Waals surface area (Å²) in [6.45, 7) is 1.91. The van der Waals surface area contributed by atoms with E-state index in [0.29, 0.717) is 18.5 Å². The molecule has 0 unspecified atom stereocenters. The molecule has 3 rings (SSSR count). The normalized spacial score (nSPS) is 10.9. The van der Waals surface area contributed by atoms with Crippen LogP contribution in [0.25, 0.3) is 11.0 Å². The number of fused-ring (bicyclic) bond motifs is 1. The lowest BCUT2D eigenvalue weighted by atomic mass is 10.1. The number of amides is 1. The Morgan fingerprint density at radius 2 is 2.13 bits per heavy atom. The van der Waals surface area contributed by atoms with Crippen LogP contribution in [0, 0.1) is 6.92 Å². The van der Waals surface area contributed by atoms with Gasteiger partial charge in [0, 0.05) is 18.9 Å². The number of nitrogens with one attached hydrogen (secondary N) is 1. The van der Waals surface area contributed by atoms with Crippen LogP contribution in [0.1, 0.15) is 17.7 Å². The van der Waals surface area contributed by atoms with Crippen molar-refractivity contribution in [2.45, 2.75) is 19.8 Å². The number of hydrogen-bond donors (Lipinski definition) is 2. The van der Waals surface area contributed by atoms with Crippen molar-refractivity contribution in [3.8, 4) is 5.75 Å². The number of aromatic nitrogens is 3. The quantitative estimate of drug-likeness (QED) is 0.776. The zero-order chi connectivity index (χ0) is 16.4. The Bertz CT molecular complexity index is 870. The molecular weight excluding hydrogens is 292 g/mol. The fraction of sp³-hybridized carbons (Fsp3) is 0.235. The Balaban J connectivity index is 1.68. The standard InChI is InChI=1S/C17H18N4O2/c1-11-14-9-13(10-18-17(14)21(2)20-11)19-16(23)8-7-12-5-3-4-6-15(12)22/h3-6,9-10,22H,7-8H2,1-2H3,(H,19,23). The number of para-hydroxylation sites is 1. The SMILES string of the molecule is Cc1nn(C)c2ncc(NC(=O)CCc3ccccc3O)cc12. The van der Waals surface area contributed by atoms with Crippen LogP contribution in [0.2, 0.25) is 0 Å². The van der Waals surface area contributed by atoms with Gasteiger partial charge in [-0.3, -0.25) is 9.48 Å². The first-order valence-electron chi connectivity index (χ1n) is 7.40. The number of hydrogen-bond acceptors (Lipinski definition) is 4. The predicted octanol–water partition coefficient (Wildman–Crippen LogP) is 2.55. The Morgan fingerprint density at radius 3 is 2.91 bits per heavy atom. The summed E-state index contributed by atoms with van der Waals surface area (Å²) in [4.78, 5) is 16.4. The number of phenols is 1. The monoisotopic (exact) mass is 310 g/mol. The molecule has 0 aliphatic carbocycles. The minimum atomic E-state index is -0.115. The molecule has 0 aliphatic rings. The van der Waals surface area contributed by atoms with E-state index in [0.717, 1.165) is 22.3 Å². The number of rotatable bonds is 4. The van der Waals surface area contributed by atoms with E-state index in [-0.39, 0.29) is 11.7 Å². The molecule has 0 radical (unpaired) electrons. The van der Waals surface area contributed by atoms with Crippen molar-refractivity contribution in [1.29, 1.82) is 0 Å². The van der Waals surface area contributed by atoms with E-state index in [1.54, 1.807) is 23.0 Å². The maximum atomic E-state index is 12.1. The van der Waals surface area contributed by atoms with Crippen molar-refractivity contribution < 1.29 is 9.90 Å². The highest BCUT2D eigenvalue weighted by molar-refractivity contribution is 5.93. The molecule has 118 valence electrons. The van der Waals surface area contributed by atoms with Crippen LogP contribution >= 0.6 is 0 Å². The third-order valence-electron chi connectivity index (χ3n) is 3.76. The molecule has 1 amide bonds. The summed E-state index contributed by atoms with van der Waals surface area (Å²) in [6, 6.07) is 8.92. The minimum Gasteiger partial charge on any atom is -0.508 e. The minimum absolute atomic E-state index is 0.115. The zero-order valence-electron chi connectivity index (χ0n) is 13.1. The number of pyridine rings is 1. The number of phenolic OH excluding ortho intramolecular Hbond substituents is 1. The highest BCUT2D eigenvalue weighted by Crippen LogP contribution is 2.20. The fourth-order valence-corrected chi connectivity index (χ4v) is 2.57. The van der Waals surface area contributed by atoms with Crippen molar-refractivity contribution in [1.82, 2.24) is 14.8 Å². The topological polar surface area (TPSA) is 80.0 Å². The molecule has 0 saturated carbocycles. The van der Waals surface area contributed by atoms with Crippen LogP contribution in [-0.4, -0.2) is 25.8 Å². The second-order valence-electron chi connectivity index (χ2n) is 5.48. The van der Waals surface area contributed by atoms with Crippen LogP contribution in [0.5, 0.6) is 5.75 Å². The number of aromatic hydroxyl groups is 1. The number of carbonyl (C=O) groups is 1. The molecule has 3 aromatic rings. The summed E-state index contributed by atoms with van der Waals surface area (Å²) < 4.78 is 1.72.